The van der Waals surface area contributed by atoms with Crippen LogP contribution in [0.25, 0.3) is 0 Å². The SMILES string of the molecule is CN=C(C=C(C)N(C)C)Cc1ccccc1. The Morgan fingerprint density at radius 3 is 2.38 bits per heavy atom. The molecule has 0 heterocycles. The number of nitrogens with zero attached hydrogens (tertiary/aromatic N) is 2. The van der Waals surface area contributed by atoms with Crippen molar-refractivity contribution in [3.8, 4) is 0 Å². The Hall–Kier alpha value is -1.57. The summed E-state index contributed by atoms with van der Waals surface area (Å²) in [7, 11) is 5.93. The van der Waals surface area contributed by atoms with Gasteiger partial charge in [-0.15, -0.1) is 0 Å². The molecule has 1 aromatic carbocycles. The molecule has 0 aromatic heterocycles. The number of rotatable bonds is 4. The van der Waals surface area contributed by atoms with Crippen LogP contribution in [-0.4, -0.2) is 31.8 Å². The van der Waals surface area contributed by atoms with E-state index in [-0.39, 0.29) is 0 Å². The number of hydrogen-bond donors (Lipinski definition) is 0. The first-order valence-electron chi connectivity index (χ1n) is 5.48. The van der Waals surface area contributed by atoms with Crippen LogP contribution in [-0.2, 0) is 6.42 Å². The Morgan fingerprint density at radius 1 is 1.25 bits per heavy atom. The molecule has 0 saturated carbocycles. The number of hydrogen-bond acceptors (Lipinski definition) is 2. The Balaban J connectivity index is 2.75. The van der Waals surface area contributed by atoms with Gasteiger partial charge >= 0.3 is 0 Å². The van der Waals surface area contributed by atoms with Gasteiger partial charge in [0.1, 0.15) is 0 Å². The van der Waals surface area contributed by atoms with Crippen molar-refractivity contribution >= 4 is 5.71 Å². The molecule has 1 rings (SSSR count). The summed E-state index contributed by atoms with van der Waals surface area (Å²) < 4.78 is 0. The van der Waals surface area contributed by atoms with Crippen molar-refractivity contribution in [3.05, 3.63) is 47.7 Å². The van der Waals surface area contributed by atoms with Crippen LogP contribution in [0, 0.1) is 0 Å². The average Bonchev–Trinajstić information content (AvgIpc) is 2.29. The lowest BCUT2D eigenvalue weighted by atomic mass is 10.1. The van der Waals surface area contributed by atoms with Crippen LogP contribution in [0.3, 0.4) is 0 Å². The van der Waals surface area contributed by atoms with Crippen LogP contribution in [0.15, 0.2) is 47.1 Å². The lowest BCUT2D eigenvalue weighted by Gasteiger charge is -2.13. The predicted molar refractivity (Wildman–Crippen MR) is 70.9 cm³/mol. The maximum atomic E-state index is 4.32. The van der Waals surface area contributed by atoms with Crippen LogP contribution in [0.2, 0.25) is 0 Å². The minimum Gasteiger partial charge on any atom is -0.381 e. The number of aliphatic imine (C=N–C) groups is 1. The topological polar surface area (TPSA) is 15.6 Å². The van der Waals surface area contributed by atoms with Gasteiger partial charge in [-0.3, -0.25) is 4.99 Å². The fourth-order valence-electron chi connectivity index (χ4n) is 1.37. The van der Waals surface area contributed by atoms with Crippen molar-refractivity contribution in [2.75, 3.05) is 21.1 Å². The molecule has 0 fully saturated rings. The summed E-state index contributed by atoms with van der Waals surface area (Å²) in [4.78, 5) is 6.41. The van der Waals surface area contributed by atoms with E-state index >= 15 is 0 Å². The largest absolute Gasteiger partial charge is 0.381 e. The summed E-state index contributed by atoms with van der Waals surface area (Å²) in [6.07, 6.45) is 3.02. The summed E-state index contributed by atoms with van der Waals surface area (Å²) in [6.45, 7) is 2.09. The molecule has 16 heavy (non-hydrogen) atoms. The van der Waals surface area contributed by atoms with Crippen LogP contribution in [0.4, 0.5) is 0 Å². The quantitative estimate of drug-likeness (QED) is 0.707. The lowest BCUT2D eigenvalue weighted by Crippen LogP contribution is -2.11. The highest BCUT2D eigenvalue weighted by molar-refractivity contribution is 5.96. The second-order valence-electron chi connectivity index (χ2n) is 4.06. The van der Waals surface area contributed by atoms with E-state index in [4.69, 9.17) is 0 Å². The molecule has 0 bridgehead atoms. The van der Waals surface area contributed by atoms with Crippen LogP contribution in [0.5, 0.6) is 0 Å². The van der Waals surface area contributed by atoms with Gasteiger partial charge < -0.3 is 4.90 Å². The molecule has 0 aliphatic carbocycles. The molecule has 0 N–H and O–H groups in total. The van der Waals surface area contributed by atoms with E-state index in [2.05, 4.69) is 47.2 Å². The van der Waals surface area contributed by atoms with Gasteiger partial charge in [0.05, 0.1) is 0 Å². The van der Waals surface area contributed by atoms with Crippen LogP contribution in [0.1, 0.15) is 12.5 Å². The molecule has 86 valence electrons. The van der Waals surface area contributed by atoms with Gasteiger partial charge in [-0.25, -0.2) is 0 Å². The minimum atomic E-state index is 0.891. The molecule has 0 radical (unpaired) electrons. The van der Waals surface area contributed by atoms with Crippen molar-refractivity contribution in [2.45, 2.75) is 13.3 Å². The third kappa shape index (κ3) is 3.89. The predicted octanol–water partition coefficient (Wildman–Crippen LogP) is 2.77. The Kier molecular flexibility index (Phi) is 4.77. The van der Waals surface area contributed by atoms with Gasteiger partial charge in [0.2, 0.25) is 0 Å². The average molecular weight is 216 g/mol. The molecular formula is C14H20N2. The minimum absolute atomic E-state index is 0.891. The third-order valence-electron chi connectivity index (χ3n) is 2.60. The van der Waals surface area contributed by atoms with Crippen LogP contribution < -0.4 is 0 Å². The molecule has 0 saturated heterocycles. The van der Waals surface area contributed by atoms with Crippen molar-refractivity contribution < 1.29 is 0 Å². The summed E-state index contributed by atoms with van der Waals surface area (Å²) in [5.74, 6) is 0. The lowest BCUT2D eigenvalue weighted by molar-refractivity contribution is 0.514. The van der Waals surface area contributed by atoms with Gasteiger partial charge in [-0.2, -0.15) is 0 Å². The van der Waals surface area contributed by atoms with E-state index in [9.17, 15) is 0 Å². The van der Waals surface area contributed by atoms with E-state index in [1.807, 2.05) is 27.2 Å². The van der Waals surface area contributed by atoms with Crippen LogP contribution >= 0.6 is 0 Å². The number of allylic oxidation sites excluding steroid dienone is 2. The van der Waals surface area contributed by atoms with E-state index in [1.165, 1.54) is 11.3 Å². The maximum absolute atomic E-state index is 4.32. The standard InChI is InChI=1S/C14H20N2/c1-12(16(3)4)10-14(15-2)11-13-8-6-5-7-9-13/h5-10H,11H2,1-4H3. The Bertz CT molecular complexity index is 375. The first kappa shape index (κ1) is 12.5. The summed E-state index contributed by atoms with van der Waals surface area (Å²) in [5.41, 5.74) is 3.62. The zero-order valence-corrected chi connectivity index (χ0v) is 10.6. The van der Waals surface area contributed by atoms with Crippen molar-refractivity contribution in [2.24, 2.45) is 4.99 Å². The van der Waals surface area contributed by atoms with Gasteiger partial charge in [-0.05, 0) is 18.6 Å². The highest BCUT2D eigenvalue weighted by atomic mass is 15.1. The first-order valence-corrected chi connectivity index (χ1v) is 5.48. The second kappa shape index (κ2) is 6.11. The molecule has 0 spiro atoms. The summed E-state index contributed by atoms with van der Waals surface area (Å²) >= 11 is 0. The monoisotopic (exact) mass is 216 g/mol. The third-order valence-corrected chi connectivity index (χ3v) is 2.60. The van der Waals surface area contributed by atoms with E-state index in [1.54, 1.807) is 0 Å². The normalized spacial score (nSPS) is 12.8. The van der Waals surface area contributed by atoms with E-state index in [0.29, 0.717) is 0 Å². The highest BCUT2D eigenvalue weighted by Gasteiger charge is 1.99. The molecule has 0 aliphatic rings. The molecule has 0 amide bonds. The first-order chi connectivity index (χ1) is 7.63. The molecular weight excluding hydrogens is 196 g/mol. The zero-order chi connectivity index (χ0) is 12.0. The van der Waals surface area contributed by atoms with Crippen molar-refractivity contribution in [1.82, 2.24) is 4.90 Å². The molecule has 1 aromatic rings. The smallest absolute Gasteiger partial charge is 0.0405 e. The van der Waals surface area contributed by atoms with Gasteiger partial charge in [0.15, 0.2) is 0 Å². The molecule has 2 nitrogen and oxygen atoms in total. The molecule has 0 aliphatic heterocycles. The van der Waals surface area contributed by atoms with Crippen molar-refractivity contribution in [1.29, 1.82) is 0 Å². The van der Waals surface area contributed by atoms with E-state index in [0.717, 1.165) is 12.1 Å². The fourth-order valence-corrected chi connectivity index (χ4v) is 1.37. The Labute approximate surface area is 98.3 Å². The van der Waals surface area contributed by atoms with Crippen molar-refractivity contribution in [3.63, 3.8) is 0 Å². The summed E-state index contributed by atoms with van der Waals surface area (Å²) in [6, 6.07) is 10.4. The molecule has 0 unspecified atom stereocenters. The van der Waals surface area contributed by atoms with Gasteiger partial charge in [0.25, 0.3) is 0 Å². The Morgan fingerprint density at radius 2 is 1.88 bits per heavy atom. The molecule has 2 heteroatoms. The zero-order valence-electron chi connectivity index (χ0n) is 10.6. The van der Waals surface area contributed by atoms with Gasteiger partial charge in [-0.1, -0.05) is 30.3 Å². The maximum Gasteiger partial charge on any atom is 0.0405 e. The molecule has 0 atom stereocenters. The number of benzene rings is 1. The summed E-state index contributed by atoms with van der Waals surface area (Å²) in [5, 5.41) is 0. The van der Waals surface area contributed by atoms with Gasteiger partial charge in [0, 0.05) is 39.0 Å². The second-order valence-corrected chi connectivity index (χ2v) is 4.06. The highest BCUT2D eigenvalue weighted by Crippen LogP contribution is 2.04. The van der Waals surface area contributed by atoms with E-state index < -0.39 is 0 Å². The fraction of sp³-hybridized carbons (Fsp3) is 0.357.